The Labute approximate surface area is 174 Å². The predicted molar refractivity (Wildman–Crippen MR) is 115 cm³/mol. The molecule has 0 saturated carbocycles. The number of aromatic nitrogens is 1. The molecule has 2 heterocycles. The van der Waals surface area contributed by atoms with Gasteiger partial charge in [-0.2, -0.15) is 0 Å². The Kier molecular flexibility index (Phi) is 9.32. The second kappa shape index (κ2) is 10.5. The second-order valence-electron chi connectivity index (χ2n) is 7.69. The number of guanidine groups is 1. The monoisotopic (exact) mass is 479 g/mol. The SMILES string of the molecule is CN=C(NCc1ncc(C(C)(C)C)o1)NCC(C)N1CCOCC1C.I. The standard InChI is InChI=1S/C18H33N5O2.HI/c1-13(23-7-8-24-12-14(23)2)9-21-17(19-6)22-11-16-20-10-15(25-16)18(3,4)5;/h10,13-14H,7-9,11-12H2,1-6H3,(H2,19,21,22);1H. The Bertz CT molecular complexity index is 570. The molecule has 1 aliphatic rings. The zero-order chi connectivity index (χ0) is 18.4. The number of nitrogens with one attached hydrogen (secondary N) is 2. The molecule has 0 aliphatic carbocycles. The van der Waals surface area contributed by atoms with E-state index in [0.29, 0.717) is 24.5 Å². The Morgan fingerprint density at radius 2 is 2.15 bits per heavy atom. The van der Waals surface area contributed by atoms with Crippen LogP contribution in [-0.4, -0.2) is 61.3 Å². The second-order valence-corrected chi connectivity index (χ2v) is 7.69. The third kappa shape index (κ3) is 6.70. The van der Waals surface area contributed by atoms with Crippen molar-refractivity contribution in [3.8, 4) is 0 Å². The third-order valence-corrected chi connectivity index (χ3v) is 4.47. The van der Waals surface area contributed by atoms with Gasteiger partial charge in [0.1, 0.15) is 5.76 Å². The first-order valence-corrected chi connectivity index (χ1v) is 9.04. The molecule has 2 unspecified atom stereocenters. The van der Waals surface area contributed by atoms with Crippen LogP contribution in [-0.2, 0) is 16.7 Å². The minimum absolute atomic E-state index is 0. The quantitative estimate of drug-likeness (QED) is 0.384. The first kappa shape index (κ1) is 23.2. The molecule has 1 aliphatic heterocycles. The van der Waals surface area contributed by atoms with Gasteiger partial charge in [0.25, 0.3) is 0 Å². The van der Waals surface area contributed by atoms with Gasteiger partial charge < -0.3 is 19.8 Å². The van der Waals surface area contributed by atoms with E-state index in [0.717, 1.165) is 38.0 Å². The maximum absolute atomic E-state index is 5.80. The molecule has 150 valence electrons. The molecule has 8 heteroatoms. The molecule has 0 aromatic carbocycles. The van der Waals surface area contributed by atoms with Gasteiger partial charge >= 0.3 is 0 Å². The van der Waals surface area contributed by atoms with E-state index < -0.39 is 0 Å². The molecular formula is C18H34IN5O2. The Morgan fingerprint density at radius 3 is 2.73 bits per heavy atom. The van der Waals surface area contributed by atoms with Gasteiger partial charge in [0.05, 0.1) is 26.0 Å². The third-order valence-electron chi connectivity index (χ3n) is 4.47. The van der Waals surface area contributed by atoms with Gasteiger partial charge in [-0.25, -0.2) is 4.98 Å². The van der Waals surface area contributed by atoms with Crippen molar-refractivity contribution in [2.45, 2.75) is 58.7 Å². The molecular weight excluding hydrogens is 445 g/mol. The summed E-state index contributed by atoms with van der Waals surface area (Å²) in [5.41, 5.74) is -0.0323. The lowest BCUT2D eigenvalue weighted by Gasteiger charge is -2.38. The number of hydrogen-bond acceptors (Lipinski definition) is 5. The van der Waals surface area contributed by atoms with Gasteiger partial charge in [0.15, 0.2) is 5.96 Å². The normalized spacial score (nSPS) is 20.4. The molecule has 7 nitrogen and oxygen atoms in total. The number of hydrogen-bond donors (Lipinski definition) is 2. The largest absolute Gasteiger partial charge is 0.443 e. The Hall–Kier alpha value is -0.870. The number of nitrogens with zero attached hydrogens (tertiary/aromatic N) is 3. The van der Waals surface area contributed by atoms with E-state index in [1.54, 1.807) is 13.2 Å². The summed E-state index contributed by atoms with van der Waals surface area (Å²) >= 11 is 0. The fourth-order valence-corrected chi connectivity index (χ4v) is 2.88. The van der Waals surface area contributed by atoms with Crippen LogP contribution in [0.2, 0.25) is 0 Å². The van der Waals surface area contributed by atoms with Crippen LogP contribution in [0.25, 0.3) is 0 Å². The first-order chi connectivity index (χ1) is 11.8. The summed E-state index contributed by atoms with van der Waals surface area (Å²) in [6, 6.07) is 0.857. The zero-order valence-corrected chi connectivity index (χ0v) is 19.2. The molecule has 2 rings (SSSR count). The summed E-state index contributed by atoms with van der Waals surface area (Å²) in [5, 5.41) is 6.64. The molecule has 0 spiro atoms. The van der Waals surface area contributed by atoms with Crippen LogP contribution in [0.3, 0.4) is 0 Å². The first-order valence-electron chi connectivity index (χ1n) is 9.04. The van der Waals surface area contributed by atoms with Crippen LogP contribution in [0.1, 0.15) is 46.3 Å². The fraction of sp³-hybridized carbons (Fsp3) is 0.778. The number of ether oxygens (including phenoxy) is 1. The van der Waals surface area contributed by atoms with Crippen molar-refractivity contribution in [2.24, 2.45) is 4.99 Å². The summed E-state index contributed by atoms with van der Waals surface area (Å²) in [4.78, 5) is 11.1. The summed E-state index contributed by atoms with van der Waals surface area (Å²) in [6.45, 7) is 14.7. The lowest BCUT2D eigenvalue weighted by atomic mass is 9.94. The number of oxazole rings is 1. The minimum Gasteiger partial charge on any atom is -0.443 e. The van der Waals surface area contributed by atoms with Gasteiger partial charge in [-0.15, -0.1) is 24.0 Å². The number of morpholine rings is 1. The highest BCUT2D eigenvalue weighted by molar-refractivity contribution is 14.0. The van der Waals surface area contributed by atoms with E-state index in [1.807, 2.05) is 0 Å². The summed E-state index contributed by atoms with van der Waals surface area (Å²) in [7, 11) is 1.77. The molecule has 0 radical (unpaired) electrons. The highest BCUT2D eigenvalue weighted by Crippen LogP contribution is 2.22. The Morgan fingerprint density at radius 1 is 1.42 bits per heavy atom. The van der Waals surface area contributed by atoms with E-state index >= 15 is 0 Å². The van der Waals surface area contributed by atoms with Crippen molar-refractivity contribution in [3.63, 3.8) is 0 Å². The van der Waals surface area contributed by atoms with Gasteiger partial charge in [0.2, 0.25) is 5.89 Å². The van der Waals surface area contributed by atoms with Crippen molar-refractivity contribution in [3.05, 3.63) is 17.8 Å². The van der Waals surface area contributed by atoms with Gasteiger partial charge in [-0.1, -0.05) is 20.8 Å². The van der Waals surface area contributed by atoms with E-state index in [9.17, 15) is 0 Å². The van der Waals surface area contributed by atoms with Crippen LogP contribution in [0.4, 0.5) is 0 Å². The lowest BCUT2D eigenvalue weighted by molar-refractivity contribution is -0.0174. The predicted octanol–water partition coefficient (Wildman–Crippen LogP) is 2.36. The average molecular weight is 479 g/mol. The molecule has 1 fully saturated rings. The van der Waals surface area contributed by atoms with Crippen molar-refractivity contribution >= 4 is 29.9 Å². The molecule has 2 N–H and O–H groups in total. The molecule has 0 amide bonds. The smallest absolute Gasteiger partial charge is 0.213 e. The van der Waals surface area contributed by atoms with E-state index in [2.05, 4.69) is 60.1 Å². The summed E-state index contributed by atoms with van der Waals surface area (Å²) in [6.07, 6.45) is 1.80. The molecule has 1 aromatic rings. The summed E-state index contributed by atoms with van der Waals surface area (Å²) < 4.78 is 11.3. The Balaban J connectivity index is 0.00000338. The minimum atomic E-state index is -0.0323. The van der Waals surface area contributed by atoms with Crippen LogP contribution in [0.15, 0.2) is 15.6 Å². The topological polar surface area (TPSA) is 74.9 Å². The number of halogens is 1. The maximum Gasteiger partial charge on any atom is 0.213 e. The molecule has 26 heavy (non-hydrogen) atoms. The van der Waals surface area contributed by atoms with Crippen molar-refractivity contribution in [1.82, 2.24) is 20.5 Å². The van der Waals surface area contributed by atoms with Gasteiger partial charge in [-0.05, 0) is 13.8 Å². The molecule has 0 bridgehead atoms. The van der Waals surface area contributed by atoms with Crippen LogP contribution < -0.4 is 10.6 Å². The summed E-state index contributed by atoms with van der Waals surface area (Å²) in [5.74, 6) is 2.31. The average Bonchev–Trinajstić information content (AvgIpc) is 3.04. The van der Waals surface area contributed by atoms with E-state index in [-0.39, 0.29) is 29.4 Å². The lowest BCUT2D eigenvalue weighted by Crippen LogP contribution is -2.52. The fourth-order valence-electron chi connectivity index (χ4n) is 2.88. The van der Waals surface area contributed by atoms with Crippen molar-refractivity contribution in [2.75, 3.05) is 33.4 Å². The maximum atomic E-state index is 5.80. The molecule has 1 aromatic heterocycles. The van der Waals surface area contributed by atoms with Gasteiger partial charge in [0, 0.05) is 37.6 Å². The molecule has 2 atom stereocenters. The van der Waals surface area contributed by atoms with E-state index in [1.165, 1.54) is 0 Å². The highest BCUT2D eigenvalue weighted by atomic mass is 127. The zero-order valence-electron chi connectivity index (χ0n) is 16.8. The molecule has 1 saturated heterocycles. The van der Waals surface area contributed by atoms with Crippen LogP contribution in [0, 0.1) is 0 Å². The number of rotatable bonds is 5. The van der Waals surface area contributed by atoms with E-state index in [4.69, 9.17) is 9.15 Å². The van der Waals surface area contributed by atoms with Gasteiger partial charge in [-0.3, -0.25) is 9.89 Å². The highest BCUT2D eigenvalue weighted by Gasteiger charge is 2.23. The number of aliphatic imine (C=N–C) groups is 1. The van der Waals surface area contributed by atoms with Crippen LogP contribution >= 0.6 is 24.0 Å². The van der Waals surface area contributed by atoms with Crippen LogP contribution in [0.5, 0.6) is 0 Å². The van der Waals surface area contributed by atoms with Crippen molar-refractivity contribution < 1.29 is 9.15 Å². The van der Waals surface area contributed by atoms with Crippen molar-refractivity contribution in [1.29, 1.82) is 0 Å².